The number of carbonyl (C=O) groups is 1. The number of carbonyl (C=O) groups excluding carboxylic acids is 1. The molecule has 200 valence electrons. The normalized spacial score (nSPS) is 19.0. The van der Waals surface area contributed by atoms with Crippen LogP contribution in [0.1, 0.15) is 56.6 Å². The Morgan fingerprint density at radius 2 is 2.03 bits per heavy atom. The Morgan fingerprint density at radius 1 is 1.21 bits per heavy atom. The molecular formula is C30H33BrN2O5. The fourth-order valence-electron chi connectivity index (χ4n) is 5.29. The van der Waals surface area contributed by atoms with E-state index < -0.39 is 5.92 Å². The maximum Gasteiger partial charge on any atom is 0.175 e. The number of hydrogen-bond donors (Lipinski definition) is 2. The molecular weight excluding hydrogens is 548 g/mol. The SMILES string of the molecule is CCCC1CC(=O)C2=C(C1)NC(C)=C(C#N)C2c1cc(Br)c(OCc2cccc(OC)c2)c(OCCO)c1. The molecule has 0 bridgehead atoms. The number of aliphatic hydroxyl groups is 1. The maximum absolute atomic E-state index is 13.4. The molecule has 0 saturated heterocycles. The zero-order chi connectivity index (χ0) is 27.2. The summed E-state index contributed by atoms with van der Waals surface area (Å²) in [6, 6.07) is 13.6. The number of Topliss-reactive ketones (excluding diaryl/α,β-unsaturated/α-hetero) is 1. The van der Waals surface area contributed by atoms with E-state index in [1.54, 1.807) is 7.11 Å². The molecule has 1 heterocycles. The topological polar surface area (TPSA) is 101 Å². The van der Waals surface area contributed by atoms with E-state index in [1.807, 2.05) is 43.3 Å². The molecule has 0 amide bonds. The lowest BCUT2D eigenvalue weighted by Crippen LogP contribution is -2.34. The summed E-state index contributed by atoms with van der Waals surface area (Å²) in [6.07, 6.45) is 3.29. The largest absolute Gasteiger partial charge is 0.497 e. The van der Waals surface area contributed by atoms with Crippen molar-refractivity contribution in [2.45, 2.75) is 52.1 Å². The van der Waals surface area contributed by atoms with Crippen LogP contribution in [0.2, 0.25) is 0 Å². The number of nitrogens with one attached hydrogen (secondary N) is 1. The first-order valence-corrected chi connectivity index (χ1v) is 13.7. The molecule has 7 nitrogen and oxygen atoms in total. The Labute approximate surface area is 232 Å². The molecule has 0 radical (unpaired) electrons. The third-order valence-corrected chi connectivity index (χ3v) is 7.55. The Hall–Kier alpha value is -3.28. The highest BCUT2D eigenvalue weighted by atomic mass is 79.9. The van der Waals surface area contributed by atoms with Crippen molar-refractivity contribution in [1.82, 2.24) is 5.32 Å². The van der Waals surface area contributed by atoms with Crippen molar-refractivity contribution < 1.29 is 24.1 Å². The summed E-state index contributed by atoms with van der Waals surface area (Å²) < 4.78 is 18.0. The van der Waals surface area contributed by atoms with Crippen LogP contribution < -0.4 is 19.5 Å². The van der Waals surface area contributed by atoms with Gasteiger partial charge >= 0.3 is 0 Å². The quantitative estimate of drug-likeness (QED) is 0.359. The number of ether oxygens (including phenoxy) is 3. The minimum absolute atomic E-state index is 0.0726. The lowest BCUT2D eigenvalue weighted by molar-refractivity contribution is -0.117. The van der Waals surface area contributed by atoms with Crippen molar-refractivity contribution in [1.29, 1.82) is 5.26 Å². The molecule has 2 aliphatic rings. The molecule has 2 aromatic rings. The lowest BCUT2D eigenvalue weighted by atomic mass is 9.72. The van der Waals surface area contributed by atoms with E-state index in [0.29, 0.717) is 39.5 Å². The van der Waals surface area contributed by atoms with Gasteiger partial charge in [-0.3, -0.25) is 4.79 Å². The molecule has 2 unspecified atom stereocenters. The van der Waals surface area contributed by atoms with Gasteiger partial charge in [-0.05, 0) is 77.0 Å². The van der Waals surface area contributed by atoms with Gasteiger partial charge in [-0.2, -0.15) is 5.26 Å². The number of rotatable bonds is 10. The van der Waals surface area contributed by atoms with Gasteiger partial charge in [0.05, 0.1) is 35.7 Å². The van der Waals surface area contributed by atoms with Crippen LogP contribution in [0.5, 0.6) is 17.2 Å². The minimum atomic E-state index is -0.508. The van der Waals surface area contributed by atoms with Gasteiger partial charge in [-0.1, -0.05) is 25.5 Å². The number of aliphatic hydroxyl groups excluding tert-OH is 1. The van der Waals surface area contributed by atoms with Crippen LogP contribution in [0.3, 0.4) is 0 Å². The summed E-state index contributed by atoms with van der Waals surface area (Å²) in [4.78, 5) is 13.4. The summed E-state index contributed by atoms with van der Waals surface area (Å²) in [6.45, 7) is 4.19. The van der Waals surface area contributed by atoms with Crippen molar-refractivity contribution in [2.75, 3.05) is 20.3 Å². The number of benzene rings is 2. The first-order chi connectivity index (χ1) is 18.4. The predicted molar refractivity (Wildman–Crippen MR) is 148 cm³/mol. The van der Waals surface area contributed by atoms with E-state index in [2.05, 4.69) is 34.2 Å². The first-order valence-electron chi connectivity index (χ1n) is 12.9. The fraction of sp³-hybridized carbons (Fsp3) is 0.400. The zero-order valence-corrected chi connectivity index (χ0v) is 23.6. The summed E-state index contributed by atoms with van der Waals surface area (Å²) in [7, 11) is 1.62. The molecule has 0 fully saturated rings. The number of hydrogen-bond acceptors (Lipinski definition) is 7. The van der Waals surface area contributed by atoms with Gasteiger partial charge in [0, 0.05) is 23.4 Å². The molecule has 38 heavy (non-hydrogen) atoms. The maximum atomic E-state index is 13.4. The van der Waals surface area contributed by atoms with Gasteiger partial charge in [0.1, 0.15) is 19.0 Å². The second-order valence-electron chi connectivity index (χ2n) is 9.63. The van der Waals surface area contributed by atoms with Crippen LogP contribution >= 0.6 is 15.9 Å². The molecule has 2 atom stereocenters. The van der Waals surface area contributed by atoms with Crippen LogP contribution in [-0.2, 0) is 11.4 Å². The number of ketones is 1. The third-order valence-electron chi connectivity index (χ3n) is 6.96. The highest BCUT2D eigenvalue weighted by Crippen LogP contribution is 2.47. The van der Waals surface area contributed by atoms with Crippen LogP contribution in [0.4, 0.5) is 0 Å². The zero-order valence-electron chi connectivity index (χ0n) is 22.0. The average molecular weight is 582 g/mol. The lowest BCUT2D eigenvalue weighted by Gasteiger charge is -2.35. The molecule has 1 aliphatic heterocycles. The molecule has 8 heteroatoms. The van der Waals surface area contributed by atoms with Crippen molar-refractivity contribution in [3.8, 4) is 23.3 Å². The standard InChI is InChI=1S/C30H33BrN2O5/c1-4-6-19-12-25-29(26(35)13-19)28(23(16-32)18(2)33-25)21-14-24(31)30(27(15-21)37-10-9-34)38-17-20-7-5-8-22(11-20)36-3/h5,7-8,11,14-15,19,28,33-34H,4,6,9-10,12-13,17H2,1-3H3. The van der Waals surface area contributed by atoms with Gasteiger partial charge in [-0.15, -0.1) is 0 Å². The van der Waals surface area contributed by atoms with Crippen LogP contribution in [-0.4, -0.2) is 31.2 Å². The molecule has 2 N–H and O–H groups in total. The molecule has 0 saturated carbocycles. The Bertz CT molecular complexity index is 1310. The molecule has 0 spiro atoms. The van der Waals surface area contributed by atoms with E-state index in [9.17, 15) is 15.2 Å². The molecule has 2 aromatic carbocycles. The van der Waals surface area contributed by atoms with Crippen molar-refractivity contribution in [2.24, 2.45) is 5.92 Å². The number of allylic oxidation sites excluding steroid dienone is 4. The first kappa shape index (κ1) is 27.7. The Morgan fingerprint density at radius 3 is 2.74 bits per heavy atom. The van der Waals surface area contributed by atoms with Crippen LogP contribution in [0.15, 0.2) is 63.4 Å². The van der Waals surface area contributed by atoms with E-state index in [1.165, 1.54) is 0 Å². The van der Waals surface area contributed by atoms with E-state index in [4.69, 9.17) is 14.2 Å². The smallest absolute Gasteiger partial charge is 0.175 e. The summed E-state index contributed by atoms with van der Waals surface area (Å²) in [5.74, 6) is 1.51. The molecule has 1 aliphatic carbocycles. The Balaban J connectivity index is 1.74. The van der Waals surface area contributed by atoms with Gasteiger partial charge in [0.25, 0.3) is 0 Å². The van der Waals surface area contributed by atoms with Gasteiger partial charge < -0.3 is 24.6 Å². The van der Waals surface area contributed by atoms with Crippen LogP contribution in [0, 0.1) is 17.2 Å². The highest BCUT2D eigenvalue weighted by Gasteiger charge is 2.39. The van der Waals surface area contributed by atoms with Gasteiger partial charge in [-0.25, -0.2) is 0 Å². The van der Waals surface area contributed by atoms with Gasteiger partial charge in [0.2, 0.25) is 0 Å². The Kier molecular flexibility index (Phi) is 9.13. The fourth-order valence-corrected chi connectivity index (χ4v) is 5.86. The second kappa shape index (κ2) is 12.5. The second-order valence-corrected chi connectivity index (χ2v) is 10.5. The summed E-state index contributed by atoms with van der Waals surface area (Å²) in [5, 5.41) is 22.9. The summed E-state index contributed by atoms with van der Waals surface area (Å²) >= 11 is 3.64. The highest BCUT2D eigenvalue weighted by molar-refractivity contribution is 9.10. The monoisotopic (exact) mass is 580 g/mol. The summed E-state index contributed by atoms with van der Waals surface area (Å²) in [5.41, 5.74) is 4.51. The van der Waals surface area contributed by atoms with E-state index in [0.717, 1.165) is 47.5 Å². The number of nitriles is 1. The van der Waals surface area contributed by atoms with Crippen molar-refractivity contribution in [3.05, 3.63) is 74.5 Å². The minimum Gasteiger partial charge on any atom is -0.497 e. The average Bonchev–Trinajstić information content (AvgIpc) is 2.90. The number of nitrogens with zero attached hydrogens (tertiary/aromatic N) is 1. The molecule has 4 rings (SSSR count). The number of halogens is 1. The van der Waals surface area contributed by atoms with E-state index in [-0.39, 0.29) is 25.6 Å². The van der Waals surface area contributed by atoms with Gasteiger partial charge in [0.15, 0.2) is 17.3 Å². The van der Waals surface area contributed by atoms with Crippen molar-refractivity contribution >= 4 is 21.7 Å². The van der Waals surface area contributed by atoms with Crippen LogP contribution in [0.25, 0.3) is 0 Å². The number of dihydropyridines is 1. The van der Waals surface area contributed by atoms with E-state index >= 15 is 0 Å². The number of methoxy groups -OCH3 is 1. The predicted octanol–water partition coefficient (Wildman–Crippen LogP) is 5.93. The third kappa shape index (κ3) is 5.90. The van der Waals surface area contributed by atoms with Crippen molar-refractivity contribution in [3.63, 3.8) is 0 Å². The molecule has 0 aromatic heterocycles.